The van der Waals surface area contributed by atoms with Crippen molar-refractivity contribution in [3.8, 4) is 0 Å². The summed E-state index contributed by atoms with van der Waals surface area (Å²) in [6, 6.07) is 0. The van der Waals surface area contributed by atoms with Crippen molar-refractivity contribution >= 4 is 13.7 Å². The third-order valence-electron chi connectivity index (χ3n) is 2.07. The fraction of sp³-hybridized carbons (Fsp3) is 0.900. The molecule has 8 heteroatoms. The smallest absolute Gasteiger partial charge is 0.350 e. The van der Waals surface area contributed by atoms with Crippen LogP contribution in [0, 0.1) is 0 Å². The van der Waals surface area contributed by atoms with Gasteiger partial charge in [0.15, 0.2) is 0 Å². The number of carbonyl (C=O) groups excluding carboxylic acids is 1. The fourth-order valence-corrected chi connectivity index (χ4v) is 1.31. The van der Waals surface area contributed by atoms with Gasteiger partial charge in [0.25, 0.3) is 0 Å². The highest BCUT2D eigenvalue weighted by Crippen LogP contribution is 2.25. The SMILES string of the molecule is CCCCCC(C)(C)NC(=O)CN.O=P(O)(O)O. The second-order valence-electron chi connectivity index (χ2n) is 4.61. The summed E-state index contributed by atoms with van der Waals surface area (Å²) in [5.74, 6) is -0.0681. The quantitative estimate of drug-likeness (QED) is 0.356. The molecule has 6 N–H and O–H groups in total. The molecule has 0 heterocycles. The van der Waals surface area contributed by atoms with E-state index in [1.165, 1.54) is 12.8 Å². The van der Waals surface area contributed by atoms with Crippen LogP contribution < -0.4 is 11.1 Å². The molecule has 0 aliphatic carbocycles. The molecule has 18 heavy (non-hydrogen) atoms. The average Bonchev–Trinajstić information content (AvgIpc) is 2.14. The molecule has 0 atom stereocenters. The van der Waals surface area contributed by atoms with E-state index in [0.717, 1.165) is 12.8 Å². The molecule has 0 saturated heterocycles. The van der Waals surface area contributed by atoms with E-state index in [4.69, 9.17) is 25.0 Å². The Morgan fingerprint density at radius 1 is 1.28 bits per heavy atom. The third kappa shape index (κ3) is 20.9. The van der Waals surface area contributed by atoms with Gasteiger partial charge in [0.1, 0.15) is 0 Å². The maximum atomic E-state index is 11.0. The predicted octanol–water partition coefficient (Wildman–Crippen LogP) is 0.492. The number of nitrogens with one attached hydrogen (secondary N) is 1. The summed E-state index contributed by atoms with van der Waals surface area (Å²) in [5.41, 5.74) is 5.12. The Balaban J connectivity index is 0. The minimum atomic E-state index is -4.64. The van der Waals surface area contributed by atoms with E-state index in [1.807, 2.05) is 13.8 Å². The zero-order valence-corrected chi connectivity index (χ0v) is 12.1. The summed E-state index contributed by atoms with van der Waals surface area (Å²) < 4.78 is 8.88. The lowest BCUT2D eigenvalue weighted by Gasteiger charge is -2.25. The molecule has 0 unspecified atom stereocenters. The van der Waals surface area contributed by atoms with Gasteiger partial charge in [-0.05, 0) is 20.3 Å². The van der Waals surface area contributed by atoms with Gasteiger partial charge < -0.3 is 25.7 Å². The van der Waals surface area contributed by atoms with Gasteiger partial charge in [-0.3, -0.25) is 4.79 Å². The van der Waals surface area contributed by atoms with E-state index < -0.39 is 7.82 Å². The maximum absolute atomic E-state index is 11.0. The van der Waals surface area contributed by atoms with Crippen molar-refractivity contribution in [3.63, 3.8) is 0 Å². The van der Waals surface area contributed by atoms with Crippen LogP contribution in [-0.4, -0.2) is 32.7 Å². The molecular formula is C10H25N2O5P. The summed E-state index contributed by atoms with van der Waals surface area (Å²) in [7, 11) is -4.64. The van der Waals surface area contributed by atoms with E-state index in [-0.39, 0.29) is 18.0 Å². The van der Waals surface area contributed by atoms with Crippen molar-refractivity contribution in [3.05, 3.63) is 0 Å². The van der Waals surface area contributed by atoms with E-state index >= 15 is 0 Å². The summed E-state index contributed by atoms with van der Waals surface area (Å²) in [6.07, 6.45) is 4.61. The van der Waals surface area contributed by atoms with Gasteiger partial charge in [-0.25, -0.2) is 4.57 Å². The maximum Gasteiger partial charge on any atom is 0.466 e. The number of rotatable bonds is 6. The molecule has 110 valence electrons. The largest absolute Gasteiger partial charge is 0.466 e. The van der Waals surface area contributed by atoms with Gasteiger partial charge in [-0.2, -0.15) is 0 Å². The van der Waals surface area contributed by atoms with Gasteiger partial charge in [-0.15, -0.1) is 0 Å². The Labute approximate surface area is 108 Å². The molecule has 0 aliphatic rings. The fourth-order valence-electron chi connectivity index (χ4n) is 1.31. The van der Waals surface area contributed by atoms with Crippen LogP contribution in [0.5, 0.6) is 0 Å². The van der Waals surface area contributed by atoms with Gasteiger partial charge >= 0.3 is 7.82 Å². The number of hydrogen-bond donors (Lipinski definition) is 5. The first-order valence-electron chi connectivity index (χ1n) is 5.81. The molecule has 0 aromatic heterocycles. The molecule has 0 bridgehead atoms. The van der Waals surface area contributed by atoms with Crippen LogP contribution in [0.2, 0.25) is 0 Å². The molecular weight excluding hydrogens is 259 g/mol. The number of hydrogen-bond acceptors (Lipinski definition) is 3. The minimum absolute atomic E-state index is 0.0681. The molecule has 0 aromatic carbocycles. The van der Waals surface area contributed by atoms with Crippen molar-refractivity contribution in [2.75, 3.05) is 6.54 Å². The highest BCUT2D eigenvalue weighted by molar-refractivity contribution is 7.45. The normalized spacial score (nSPS) is 11.5. The zero-order valence-electron chi connectivity index (χ0n) is 11.2. The topological polar surface area (TPSA) is 133 Å². The highest BCUT2D eigenvalue weighted by atomic mass is 31.2. The molecule has 0 aromatic rings. The van der Waals surface area contributed by atoms with Gasteiger partial charge in [-0.1, -0.05) is 26.2 Å². The number of phosphoric acid groups is 1. The second-order valence-corrected chi connectivity index (χ2v) is 5.63. The molecule has 0 spiro atoms. The first kappa shape index (κ1) is 19.9. The van der Waals surface area contributed by atoms with Gasteiger partial charge in [0.05, 0.1) is 6.54 Å². The summed E-state index contributed by atoms with van der Waals surface area (Å²) in [5, 5.41) is 2.90. The van der Waals surface area contributed by atoms with Crippen LogP contribution in [0.25, 0.3) is 0 Å². The van der Waals surface area contributed by atoms with Crippen LogP contribution in [0.3, 0.4) is 0 Å². The minimum Gasteiger partial charge on any atom is -0.350 e. The van der Waals surface area contributed by atoms with E-state index in [0.29, 0.717) is 0 Å². The third-order valence-corrected chi connectivity index (χ3v) is 2.07. The van der Waals surface area contributed by atoms with E-state index in [9.17, 15) is 4.79 Å². The standard InChI is InChI=1S/C10H22N2O.H3O4P/c1-4-5-6-7-10(2,3)12-9(13)8-11;1-5(2,3)4/h4-8,11H2,1-3H3,(H,12,13);(H3,1,2,3,4). The summed E-state index contributed by atoms with van der Waals surface area (Å²) in [6.45, 7) is 6.33. The van der Waals surface area contributed by atoms with Crippen LogP contribution in [0.1, 0.15) is 46.5 Å². The molecule has 0 rings (SSSR count). The molecule has 0 radical (unpaired) electrons. The van der Waals surface area contributed by atoms with Crippen molar-refractivity contribution in [1.29, 1.82) is 0 Å². The molecule has 0 fully saturated rings. The van der Waals surface area contributed by atoms with Crippen molar-refractivity contribution < 1.29 is 24.0 Å². The van der Waals surface area contributed by atoms with Crippen LogP contribution >= 0.6 is 7.82 Å². The van der Waals surface area contributed by atoms with Gasteiger partial charge in [0, 0.05) is 5.54 Å². The second kappa shape index (κ2) is 9.47. The summed E-state index contributed by atoms with van der Waals surface area (Å²) in [4.78, 5) is 32.6. The van der Waals surface area contributed by atoms with Crippen LogP contribution in [-0.2, 0) is 9.36 Å². The lowest BCUT2D eigenvalue weighted by molar-refractivity contribution is -0.121. The van der Waals surface area contributed by atoms with E-state index in [2.05, 4.69) is 12.2 Å². The van der Waals surface area contributed by atoms with Crippen molar-refractivity contribution in [1.82, 2.24) is 5.32 Å². The lowest BCUT2D eigenvalue weighted by atomic mass is 9.97. The Hall–Kier alpha value is -0.460. The zero-order chi connectivity index (χ0) is 14.8. The molecule has 0 saturated carbocycles. The number of amides is 1. The Morgan fingerprint density at radius 2 is 1.72 bits per heavy atom. The highest BCUT2D eigenvalue weighted by Gasteiger charge is 2.18. The predicted molar refractivity (Wildman–Crippen MR) is 69.7 cm³/mol. The monoisotopic (exact) mass is 284 g/mol. The number of unbranched alkanes of at least 4 members (excludes halogenated alkanes) is 2. The van der Waals surface area contributed by atoms with Crippen molar-refractivity contribution in [2.45, 2.75) is 52.0 Å². The Bertz CT molecular complexity index is 269. The van der Waals surface area contributed by atoms with Crippen LogP contribution in [0.4, 0.5) is 0 Å². The van der Waals surface area contributed by atoms with E-state index in [1.54, 1.807) is 0 Å². The molecule has 0 aliphatic heterocycles. The Morgan fingerprint density at radius 3 is 2.06 bits per heavy atom. The number of carbonyl (C=O) groups is 1. The van der Waals surface area contributed by atoms with Crippen molar-refractivity contribution in [2.24, 2.45) is 5.73 Å². The first-order chi connectivity index (χ1) is 8.02. The molecule has 7 nitrogen and oxygen atoms in total. The van der Waals surface area contributed by atoms with Gasteiger partial charge in [0.2, 0.25) is 5.91 Å². The first-order valence-corrected chi connectivity index (χ1v) is 7.37. The lowest BCUT2D eigenvalue weighted by Crippen LogP contribution is -2.45. The Kier molecular flexibility index (Phi) is 10.5. The molecule has 1 amide bonds. The summed E-state index contributed by atoms with van der Waals surface area (Å²) >= 11 is 0. The average molecular weight is 284 g/mol. The van der Waals surface area contributed by atoms with Crippen LogP contribution in [0.15, 0.2) is 0 Å². The number of nitrogens with two attached hydrogens (primary N) is 1.